The zero-order valence-electron chi connectivity index (χ0n) is 10.5. The van der Waals surface area contributed by atoms with Gasteiger partial charge in [-0.15, -0.1) is 11.6 Å². The number of nitrogens with one attached hydrogen (secondary N) is 1. The van der Waals surface area contributed by atoms with E-state index < -0.39 is 0 Å². The average molecular weight is 410 g/mol. The molecule has 1 aliphatic carbocycles. The van der Waals surface area contributed by atoms with Gasteiger partial charge < -0.3 is 5.32 Å². The lowest BCUT2D eigenvalue weighted by molar-refractivity contribution is 0.0884. The number of amides is 1. The lowest BCUT2D eigenvalue weighted by Gasteiger charge is -2.36. The van der Waals surface area contributed by atoms with E-state index in [0.717, 1.165) is 34.6 Å². The van der Waals surface area contributed by atoms with Gasteiger partial charge in [-0.1, -0.05) is 35.2 Å². The highest BCUT2D eigenvalue weighted by molar-refractivity contribution is 9.11. The molecule has 1 aromatic carbocycles. The van der Waals surface area contributed by atoms with Crippen LogP contribution in [0.1, 0.15) is 42.5 Å². The molecule has 0 saturated heterocycles. The molecule has 1 aromatic rings. The van der Waals surface area contributed by atoms with Gasteiger partial charge in [0.05, 0.1) is 11.1 Å². The number of carbonyl (C=O) groups is 1. The van der Waals surface area contributed by atoms with Gasteiger partial charge >= 0.3 is 0 Å². The van der Waals surface area contributed by atoms with E-state index in [1.54, 1.807) is 0 Å². The fourth-order valence-corrected chi connectivity index (χ4v) is 3.62. The largest absolute Gasteiger partial charge is 0.345 e. The molecule has 1 aliphatic rings. The molecule has 1 N–H and O–H groups in total. The van der Waals surface area contributed by atoms with Crippen LogP contribution in [0.15, 0.2) is 27.1 Å². The van der Waals surface area contributed by atoms with E-state index in [1.165, 1.54) is 6.42 Å². The van der Waals surface area contributed by atoms with Crippen molar-refractivity contribution >= 4 is 49.4 Å². The maximum Gasteiger partial charge on any atom is 0.252 e. The molecule has 2 rings (SSSR count). The number of carbonyl (C=O) groups excluding carboxylic acids is 1. The third-order valence-electron chi connectivity index (χ3n) is 3.62. The first-order valence-electron chi connectivity index (χ1n) is 6.40. The van der Waals surface area contributed by atoms with Crippen molar-refractivity contribution in [3.8, 4) is 0 Å². The highest BCUT2D eigenvalue weighted by Gasteiger charge is 2.33. The summed E-state index contributed by atoms with van der Waals surface area (Å²) in [5, 5.41) is 3.14. The summed E-state index contributed by atoms with van der Waals surface area (Å²) in [5.74, 6) is 0.417. The number of hydrogen-bond donors (Lipinski definition) is 1. The molecule has 0 spiro atoms. The Balaban J connectivity index is 2.17. The summed E-state index contributed by atoms with van der Waals surface area (Å²) >= 11 is 12.9. The predicted octanol–water partition coefficient (Wildman–Crippen LogP) is 4.88. The Morgan fingerprint density at radius 2 is 1.95 bits per heavy atom. The Morgan fingerprint density at radius 1 is 1.26 bits per heavy atom. The summed E-state index contributed by atoms with van der Waals surface area (Å²) in [7, 11) is 0. The smallest absolute Gasteiger partial charge is 0.252 e. The molecule has 0 aliphatic heterocycles. The second-order valence-electron chi connectivity index (χ2n) is 5.05. The van der Waals surface area contributed by atoms with Crippen LogP contribution in [-0.4, -0.2) is 17.3 Å². The van der Waals surface area contributed by atoms with Crippen molar-refractivity contribution in [2.75, 3.05) is 5.88 Å². The molecule has 0 bridgehead atoms. The predicted molar refractivity (Wildman–Crippen MR) is 85.8 cm³/mol. The van der Waals surface area contributed by atoms with Crippen LogP contribution in [0.4, 0.5) is 0 Å². The van der Waals surface area contributed by atoms with Gasteiger partial charge in [0.2, 0.25) is 0 Å². The molecule has 5 heteroatoms. The van der Waals surface area contributed by atoms with Gasteiger partial charge in [0.25, 0.3) is 5.91 Å². The summed E-state index contributed by atoms with van der Waals surface area (Å²) in [6.45, 7) is 0. The van der Waals surface area contributed by atoms with Gasteiger partial charge in [-0.3, -0.25) is 4.79 Å². The Labute approximate surface area is 135 Å². The highest BCUT2D eigenvalue weighted by atomic mass is 79.9. The SMILES string of the molecule is O=C(NC1(CCl)CCCCC1)c1cc(Br)ccc1Br. The minimum atomic E-state index is -0.237. The second kappa shape index (κ2) is 6.59. The van der Waals surface area contributed by atoms with E-state index in [9.17, 15) is 4.79 Å². The van der Waals surface area contributed by atoms with Crippen molar-refractivity contribution in [2.45, 2.75) is 37.6 Å². The topological polar surface area (TPSA) is 29.1 Å². The molecule has 0 atom stereocenters. The molecular weight excluding hydrogens is 393 g/mol. The molecule has 1 saturated carbocycles. The molecule has 2 nitrogen and oxygen atoms in total. The van der Waals surface area contributed by atoms with Crippen LogP contribution in [0, 0.1) is 0 Å². The van der Waals surface area contributed by atoms with Crippen LogP contribution in [0.3, 0.4) is 0 Å². The van der Waals surface area contributed by atoms with Gasteiger partial charge in [-0.25, -0.2) is 0 Å². The zero-order valence-corrected chi connectivity index (χ0v) is 14.4. The van der Waals surface area contributed by atoms with Crippen LogP contribution in [0.2, 0.25) is 0 Å². The third kappa shape index (κ3) is 3.73. The fourth-order valence-electron chi connectivity index (χ4n) is 2.50. The summed E-state index contributed by atoms with van der Waals surface area (Å²) in [4.78, 5) is 12.4. The molecule has 19 heavy (non-hydrogen) atoms. The van der Waals surface area contributed by atoms with Crippen LogP contribution in [0.25, 0.3) is 0 Å². The van der Waals surface area contributed by atoms with Gasteiger partial charge in [-0.05, 0) is 47.0 Å². The minimum absolute atomic E-state index is 0.0595. The van der Waals surface area contributed by atoms with Gasteiger partial charge in [0.15, 0.2) is 0 Å². The molecule has 0 heterocycles. The molecule has 1 amide bonds. The highest BCUT2D eigenvalue weighted by Crippen LogP contribution is 2.30. The Hall–Kier alpha value is -0.0600. The van der Waals surface area contributed by atoms with Gasteiger partial charge in [0.1, 0.15) is 0 Å². The molecule has 104 valence electrons. The normalized spacial score (nSPS) is 18.1. The van der Waals surface area contributed by atoms with Crippen molar-refractivity contribution in [2.24, 2.45) is 0 Å². The van der Waals surface area contributed by atoms with Crippen LogP contribution < -0.4 is 5.32 Å². The standard InChI is InChI=1S/C14H16Br2ClNO/c15-10-4-5-12(16)11(8-10)13(19)18-14(9-17)6-2-1-3-7-14/h4-5,8H,1-3,6-7,9H2,(H,18,19). The average Bonchev–Trinajstić information content (AvgIpc) is 2.42. The summed E-state index contributed by atoms with van der Waals surface area (Å²) < 4.78 is 1.69. The molecule has 0 aromatic heterocycles. The number of benzene rings is 1. The van der Waals surface area contributed by atoms with Crippen LogP contribution >= 0.6 is 43.5 Å². The summed E-state index contributed by atoms with van der Waals surface area (Å²) in [5.41, 5.74) is 0.406. The van der Waals surface area contributed by atoms with Crippen LogP contribution in [0.5, 0.6) is 0 Å². The van der Waals surface area contributed by atoms with E-state index in [4.69, 9.17) is 11.6 Å². The Kier molecular flexibility index (Phi) is 5.32. The summed E-state index contributed by atoms with van der Waals surface area (Å²) in [6.07, 6.45) is 5.43. The fraction of sp³-hybridized carbons (Fsp3) is 0.500. The number of hydrogen-bond acceptors (Lipinski definition) is 1. The van der Waals surface area contributed by atoms with Crippen molar-refractivity contribution in [3.05, 3.63) is 32.7 Å². The number of halogens is 3. The maximum absolute atomic E-state index is 12.4. The first-order chi connectivity index (χ1) is 9.06. The van der Waals surface area contributed by atoms with Gasteiger partial charge in [0, 0.05) is 14.8 Å². The van der Waals surface area contributed by atoms with Crippen molar-refractivity contribution < 1.29 is 4.79 Å². The Morgan fingerprint density at radius 3 is 2.58 bits per heavy atom. The van der Waals surface area contributed by atoms with E-state index in [1.807, 2.05) is 18.2 Å². The Bertz CT molecular complexity index is 473. The molecular formula is C14H16Br2ClNO. The van der Waals surface area contributed by atoms with Crippen molar-refractivity contribution in [1.29, 1.82) is 0 Å². The lowest BCUT2D eigenvalue weighted by atomic mass is 9.83. The number of alkyl halides is 1. The first kappa shape index (κ1) is 15.3. The first-order valence-corrected chi connectivity index (χ1v) is 8.52. The second-order valence-corrected chi connectivity index (χ2v) is 7.09. The van der Waals surface area contributed by atoms with Crippen molar-refractivity contribution in [1.82, 2.24) is 5.32 Å². The van der Waals surface area contributed by atoms with E-state index in [-0.39, 0.29) is 11.4 Å². The third-order valence-corrected chi connectivity index (χ3v) is 5.31. The van der Waals surface area contributed by atoms with E-state index in [2.05, 4.69) is 37.2 Å². The number of rotatable bonds is 3. The lowest BCUT2D eigenvalue weighted by Crippen LogP contribution is -2.51. The zero-order chi connectivity index (χ0) is 13.9. The van der Waals surface area contributed by atoms with Crippen molar-refractivity contribution in [3.63, 3.8) is 0 Å². The molecule has 1 fully saturated rings. The summed E-state index contributed by atoms with van der Waals surface area (Å²) in [6, 6.07) is 5.59. The maximum atomic E-state index is 12.4. The quantitative estimate of drug-likeness (QED) is 0.708. The minimum Gasteiger partial charge on any atom is -0.345 e. The van der Waals surface area contributed by atoms with Crippen LogP contribution in [-0.2, 0) is 0 Å². The van der Waals surface area contributed by atoms with Gasteiger partial charge in [-0.2, -0.15) is 0 Å². The van der Waals surface area contributed by atoms with E-state index >= 15 is 0 Å². The molecule has 0 unspecified atom stereocenters. The molecule has 0 radical (unpaired) electrons. The van der Waals surface area contributed by atoms with E-state index in [0.29, 0.717) is 11.4 Å². The monoisotopic (exact) mass is 407 g/mol.